The average molecular weight is 283 g/mol. The summed E-state index contributed by atoms with van der Waals surface area (Å²) in [5.74, 6) is 0. The third-order valence-electron chi connectivity index (χ3n) is 4.24. The minimum Gasteiger partial charge on any atom is -0.312 e. The second kappa shape index (κ2) is 5.63. The highest BCUT2D eigenvalue weighted by atomic mass is 32.2. The van der Waals surface area contributed by atoms with E-state index in [4.69, 9.17) is 0 Å². The molecule has 0 amide bonds. The van der Waals surface area contributed by atoms with Crippen LogP contribution in [0.25, 0.3) is 0 Å². The van der Waals surface area contributed by atoms with Gasteiger partial charge >= 0.3 is 0 Å². The number of benzene rings is 2. The van der Waals surface area contributed by atoms with Crippen molar-refractivity contribution in [2.75, 3.05) is 7.05 Å². The summed E-state index contributed by atoms with van der Waals surface area (Å²) in [6.07, 6.45) is 1.15. The van der Waals surface area contributed by atoms with Crippen molar-refractivity contribution in [2.24, 2.45) is 0 Å². The van der Waals surface area contributed by atoms with E-state index in [0.29, 0.717) is 11.3 Å². The minimum atomic E-state index is 0.409. The topological polar surface area (TPSA) is 12.0 Å². The monoisotopic (exact) mass is 283 g/mol. The molecule has 0 saturated heterocycles. The first-order valence-electron chi connectivity index (χ1n) is 7.18. The van der Waals surface area contributed by atoms with E-state index in [9.17, 15) is 0 Å². The summed E-state index contributed by atoms with van der Waals surface area (Å²) in [6.45, 7) is 4.37. The molecule has 20 heavy (non-hydrogen) atoms. The Morgan fingerprint density at radius 2 is 1.90 bits per heavy atom. The third-order valence-corrected chi connectivity index (χ3v) is 5.64. The predicted molar refractivity (Wildman–Crippen MR) is 87.5 cm³/mol. The number of nitrogens with one attached hydrogen (secondary N) is 1. The number of aryl methyl sites for hydroxylation is 2. The van der Waals surface area contributed by atoms with Gasteiger partial charge in [-0.15, -0.1) is 11.8 Å². The summed E-state index contributed by atoms with van der Waals surface area (Å²) in [4.78, 5) is 1.45. The van der Waals surface area contributed by atoms with Gasteiger partial charge in [0.25, 0.3) is 0 Å². The molecule has 2 aromatic rings. The van der Waals surface area contributed by atoms with Crippen molar-refractivity contribution in [3.05, 3.63) is 64.7 Å². The van der Waals surface area contributed by atoms with Gasteiger partial charge in [0, 0.05) is 16.2 Å². The quantitative estimate of drug-likeness (QED) is 0.902. The smallest absolute Gasteiger partial charge is 0.0445 e. The highest BCUT2D eigenvalue weighted by Crippen LogP contribution is 2.42. The van der Waals surface area contributed by atoms with Crippen molar-refractivity contribution >= 4 is 11.8 Å². The maximum atomic E-state index is 3.52. The van der Waals surface area contributed by atoms with Gasteiger partial charge in [0.15, 0.2) is 0 Å². The number of fused-ring (bicyclic) bond motifs is 1. The van der Waals surface area contributed by atoms with Gasteiger partial charge in [-0.25, -0.2) is 0 Å². The molecule has 104 valence electrons. The van der Waals surface area contributed by atoms with Gasteiger partial charge in [-0.2, -0.15) is 0 Å². The Morgan fingerprint density at radius 1 is 1.10 bits per heavy atom. The van der Waals surface area contributed by atoms with Gasteiger partial charge in [-0.05, 0) is 55.6 Å². The zero-order valence-electron chi connectivity index (χ0n) is 12.3. The Hall–Kier alpha value is -1.25. The SMILES string of the molecule is CNC(c1ccc(C)c(C)c1)C1Cc2ccccc2S1. The fraction of sp³-hybridized carbons (Fsp3) is 0.333. The van der Waals surface area contributed by atoms with Crippen LogP contribution in [0.5, 0.6) is 0 Å². The largest absolute Gasteiger partial charge is 0.312 e. The van der Waals surface area contributed by atoms with Crippen LogP contribution in [-0.2, 0) is 6.42 Å². The normalized spacial score (nSPS) is 18.9. The van der Waals surface area contributed by atoms with Gasteiger partial charge in [-0.1, -0.05) is 36.4 Å². The molecule has 2 unspecified atom stereocenters. The Morgan fingerprint density at radius 3 is 2.60 bits per heavy atom. The van der Waals surface area contributed by atoms with Crippen LogP contribution in [0.2, 0.25) is 0 Å². The first-order chi connectivity index (χ1) is 9.69. The van der Waals surface area contributed by atoms with E-state index < -0.39 is 0 Å². The van der Waals surface area contributed by atoms with Gasteiger partial charge in [-0.3, -0.25) is 0 Å². The van der Waals surface area contributed by atoms with Crippen LogP contribution in [0.4, 0.5) is 0 Å². The van der Waals surface area contributed by atoms with Crippen LogP contribution < -0.4 is 5.32 Å². The minimum absolute atomic E-state index is 0.409. The van der Waals surface area contributed by atoms with Crippen LogP contribution >= 0.6 is 11.8 Å². The lowest BCUT2D eigenvalue weighted by molar-refractivity contribution is 0.568. The summed E-state index contributed by atoms with van der Waals surface area (Å²) in [5, 5.41) is 4.10. The van der Waals surface area contributed by atoms with Crippen LogP contribution in [0, 0.1) is 13.8 Å². The lowest BCUT2D eigenvalue weighted by atomic mass is 9.96. The standard InChI is InChI=1S/C18H21NS/c1-12-8-9-15(10-13(12)2)18(19-3)17-11-14-6-4-5-7-16(14)20-17/h4-10,17-19H,11H2,1-3H3. The van der Waals surface area contributed by atoms with E-state index >= 15 is 0 Å². The van der Waals surface area contributed by atoms with Gasteiger partial charge < -0.3 is 5.32 Å². The van der Waals surface area contributed by atoms with Crippen molar-refractivity contribution < 1.29 is 0 Å². The average Bonchev–Trinajstić information content (AvgIpc) is 2.87. The molecule has 0 spiro atoms. The molecule has 0 radical (unpaired) electrons. The summed E-state index contributed by atoms with van der Waals surface area (Å²) >= 11 is 2.01. The first kappa shape index (κ1) is 13.7. The molecule has 0 bridgehead atoms. The third kappa shape index (κ3) is 2.50. The zero-order chi connectivity index (χ0) is 14.1. The summed E-state index contributed by atoms with van der Waals surface area (Å²) in [5.41, 5.74) is 5.64. The van der Waals surface area contributed by atoms with E-state index in [1.807, 2.05) is 11.8 Å². The molecule has 3 rings (SSSR count). The molecule has 1 heterocycles. The molecule has 1 N–H and O–H groups in total. The van der Waals surface area contributed by atoms with E-state index in [0.717, 1.165) is 6.42 Å². The maximum absolute atomic E-state index is 3.52. The van der Waals surface area contributed by atoms with Gasteiger partial charge in [0.2, 0.25) is 0 Å². The lowest BCUT2D eigenvalue weighted by Crippen LogP contribution is -2.27. The highest BCUT2D eigenvalue weighted by molar-refractivity contribution is 8.00. The summed E-state index contributed by atoms with van der Waals surface area (Å²) in [6, 6.07) is 16.0. The molecular formula is C18H21NS. The number of hydrogen-bond donors (Lipinski definition) is 1. The Balaban J connectivity index is 1.87. The molecule has 1 nitrogen and oxygen atoms in total. The number of rotatable bonds is 3. The Labute approximate surface area is 125 Å². The molecule has 2 heteroatoms. The van der Waals surface area contributed by atoms with Gasteiger partial charge in [0.1, 0.15) is 0 Å². The Kier molecular flexibility index (Phi) is 3.86. The molecule has 0 saturated carbocycles. The molecule has 2 aromatic carbocycles. The summed E-state index contributed by atoms with van der Waals surface area (Å²) in [7, 11) is 2.07. The van der Waals surface area contributed by atoms with E-state index in [-0.39, 0.29) is 0 Å². The van der Waals surface area contributed by atoms with E-state index in [1.54, 1.807) is 0 Å². The Bertz CT molecular complexity index is 596. The number of thioether (sulfide) groups is 1. The van der Waals surface area contributed by atoms with Crippen LogP contribution in [0.3, 0.4) is 0 Å². The molecule has 1 aliphatic rings. The van der Waals surface area contributed by atoms with Gasteiger partial charge in [0.05, 0.1) is 0 Å². The second-order valence-electron chi connectivity index (χ2n) is 5.58. The molecule has 2 atom stereocenters. The van der Waals surface area contributed by atoms with Crippen molar-refractivity contribution in [2.45, 2.75) is 36.5 Å². The lowest BCUT2D eigenvalue weighted by Gasteiger charge is -2.23. The first-order valence-corrected chi connectivity index (χ1v) is 8.06. The second-order valence-corrected chi connectivity index (χ2v) is 6.86. The fourth-order valence-electron chi connectivity index (χ4n) is 2.92. The van der Waals surface area contributed by atoms with Crippen molar-refractivity contribution in [1.82, 2.24) is 5.32 Å². The van der Waals surface area contributed by atoms with Crippen LogP contribution in [0.1, 0.15) is 28.3 Å². The zero-order valence-corrected chi connectivity index (χ0v) is 13.1. The molecule has 1 aliphatic heterocycles. The molecular weight excluding hydrogens is 262 g/mol. The fourth-order valence-corrected chi connectivity index (χ4v) is 4.40. The molecule has 0 aliphatic carbocycles. The van der Waals surface area contributed by atoms with E-state index in [1.165, 1.54) is 27.1 Å². The van der Waals surface area contributed by atoms with E-state index in [2.05, 4.69) is 68.7 Å². The molecule has 0 fully saturated rings. The highest BCUT2D eigenvalue weighted by Gasteiger charge is 2.29. The predicted octanol–water partition coefficient (Wildman–Crippen LogP) is 4.28. The maximum Gasteiger partial charge on any atom is 0.0445 e. The summed E-state index contributed by atoms with van der Waals surface area (Å²) < 4.78 is 0. The van der Waals surface area contributed by atoms with Crippen molar-refractivity contribution in [3.8, 4) is 0 Å². The number of hydrogen-bond acceptors (Lipinski definition) is 2. The molecule has 0 aromatic heterocycles. The van der Waals surface area contributed by atoms with Crippen LogP contribution in [0.15, 0.2) is 47.4 Å². The van der Waals surface area contributed by atoms with Crippen molar-refractivity contribution in [3.63, 3.8) is 0 Å². The van der Waals surface area contributed by atoms with Crippen LogP contribution in [-0.4, -0.2) is 12.3 Å². The van der Waals surface area contributed by atoms with Crippen molar-refractivity contribution in [1.29, 1.82) is 0 Å².